The maximum absolute atomic E-state index is 9.43. The van der Waals surface area contributed by atoms with E-state index in [1.54, 1.807) is 0 Å². The van der Waals surface area contributed by atoms with Crippen molar-refractivity contribution in [1.29, 1.82) is 0 Å². The van der Waals surface area contributed by atoms with Gasteiger partial charge in [0.25, 0.3) is 0 Å². The second kappa shape index (κ2) is 16.1. The summed E-state index contributed by atoms with van der Waals surface area (Å²) in [7, 11) is 0. The highest BCUT2D eigenvalue weighted by Gasteiger charge is 2.19. The first kappa shape index (κ1) is 30.4. The molecule has 0 saturated carbocycles. The Hall–Kier alpha value is -2.82. The number of piperazine rings is 1. The van der Waals surface area contributed by atoms with Crippen molar-refractivity contribution in [2.24, 2.45) is 5.73 Å². The lowest BCUT2D eigenvalue weighted by Crippen LogP contribution is -2.48. The minimum atomic E-state index is 0.214. The number of unbranched alkanes of at least 4 members (excludes halogenated alkanes) is 1. The molecule has 1 aromatic rings. The van der Waals surface area contributed by atoms with Crippen LogP contribution in [0.1, 0.15) is 65.9 Å². The number of allylic oxidation sites excluding steroid dienone is 10. The lowest BCUT2D eigenvalue weighted by Gasteiger charge is -2.38. The third-order valence-corrected chi connectivity index (χ3v) is 7.11. The Labute approximate surface area is 226 Å². The van der Waals surface area contributed by atoms with E-state index in [1.165, 1.54) is 28.0 Å². The molecule has 1 aliphatic rings. The molecule has 202 valence electrons. The summed E-state index contributed by atoms with van der Waals surface area (Å²) in [6, 6.07) is 9.60. The summed E-state index contributed by atoms with van der Waals surface area (Å²) < 4.78 is 0. The van der Waals surface area contributed by atoms with Crippen LogP contribution in [0.4, 0.5) is 5.69 Å². The predicted octanol–water partition coefficient (Wildman–Crippen LogP) is 7.02. The standard InChI is InChI=1S/C33H49N3O/c1-7-12-28(8-2)25-30(13-10-11-24-37)33(27(6)14-17-31(34)9-3)29-15-18-32(19-16-29)36-22-20-35(21-23-36)26(4)5/h7-9,12,14-19,26,37H,6,10-11,13,20-25,34H2,1-5H3/b12-7-,17-14-,28-8+,31-9+,33-30-. The highest BCUT2D eigenvalue weighted by molar-refractivity contribution is 5.84. The summed E-state index contributed by atoms with van der Waals surface area (Å²) in [5.74, 6) is 0. The quantitative estimate of drug-likeness (QED) is 0.224. The molecule has 0 atom stereocenters. The van der Waals surface area contributed by atoms with Crippen LogP contribution in [0.2, 0.25) is 0 Å². The van der Waals surface area contributed by atoms with Crippen molar-refractivity contribution in [3.63, 3.8) is 0 Å². The van der Waals surface area contributed by atoms with E-state index in [0.29, 0.717) is 6.04 Å². The number of nitrogens with zero attached hydrogens (tertiary/aromatic N) is 2. The number of aliphatic hydroxyl groups is 1. The molecule has 0 bridgehead atoms. The maximum Gasteiger partial charge on any atom is 0.0431 e. The molecule has 0 unspecified atom stereocenters. The number of hydrogen-bond donors (Lipinski definition) is 2. The Kier molecular flexibility index (Phi) is 13.2. The van der Waals surface area contributed by atoms with Crippen molar-refractivity contribution in [1.82, 2.24) is 4.90 Å². The van der Waals surface area contributed by atoms with Crippen LogP contribution in [-0.2, 0) is 0 Å². The zero-order chi connectivity index (χ0) is 27.2. The van der Waals surface area contributed by atoms with Crippen LogP contribution in [0.15, 0.2) is 89.7 Å². The van der Waals surface area contributed by atoms with E-state index in [0.717, 1.165) is 63.1 Å². The van der Waals surface area contributed by atoms with E-state index in [9.17, 15) is 5.11 Å². The van der Waals surface area contributed by atoms with Crippen molar-refractivity contribution >= 4 is 11.3 Å². The zero-order valence-corrected chi connectivity index (χ0v) is 23.8. The first-order chi connectivity index (χ1) is 17.8. The van der Waals surface area contributed by atoms with E-state index >= 15 is 0 Å². The molecule has 37 heavy (non-hydrogen) atoms. The molecule has 1 aliphatic heterocycles. The average molecular weight is 504 g/mol. The van der Waals surface area contributed by atoms with Gasteiger partial charge in [0.2, 0.25) is 0 Å². The Balaban J connectivity index is 2.48. The minimum Gasteiger partial charge on any atom is -0.399 e. The fourth-order valence-corrected chi connectivity index (χ4v) is 4.80. The van der Waals surface area contributed by atoms with Gasteiger partial charge in [0.1, 0.15) is 0 Å². The maximum atomic E-state index is 9.43. The van der Waals surface area contributed by atoms with Gasteiger partial charge in [0.15, 0.2) is 0 Å². The lowest BCUT2D eigenvalue weighted by molar-refractivity contribution is 0.209. The molecule has 4 heteroatoms. The summed E-state index contributed by atoms with van der Waals surface area (Å²) in [5, 5.41) is 9.43. The van der Waals surface area contributed by atoms with Crippen LogP contribution in [-0.4, -0.2) is 48.8 Å². The fourth-order valence-electron chi connectivity index (χ4n) is 4.80. The molecule has 1 heterocycles. The van der Waals surface area contributed by atoms with Crippen LogP contribution >= 0.6 is 0 Å². The predicted molar refractivity (Wildman–Crippen MR) is 163 cm³/mol. The van der Waals surface area contributed by atoms with Crippen molar-refractivity contribution in [3.8, 4) is 0 Å². The largest absolute Gasteiger partial charge is 0.399 e. The third kappa shape index (κ3) is 9.53. The first-order valence-electron chi connectivity index (χ1n) is 13.8. The van der Waals surface area contributed by atoms with E-state index in [2.05, 4.69) is 86.6 Å². The third-order valence-electron chi connectivity index (χ3n) is 7.11. The van der Waals surface area contributed by atoms with E-state index in [-0.39, 0.29) is 6.61 Å². The highest BCUT2D eigenvalue weighted by atomic mass is 16.2. The number of nitrogens with two attached hydrogens (primary N) is 1. The highest BCUT2D eigenvalue weighted by Crippen LogP contribution is 2.34. The Morgan fingerprint density at radius 3 is 2.19 bits per heavy atom. The lowest BCUT2D eigenvalue weighted by atomic mass is 9.87. The minimum absolute atomic E-state index is 0.214. The normalized spacial score (nSPS) is 16.8. The van der Waals surface area contributed by atoms with Gasteiger partial charge in [-0.05, 0) is 101 Å². The SMILES string of the molecule is C=C(/C=C\C(N)=C/C)/C(=C(\CCCCO)CC(/C=C\C)=C/C)c1ccc(N2CCN(C(C)C)CC2)cc1. The first-order valence-corrected chi connectivity index (χ1v) is 13.8. The van der Waals surface area contributed by atoms with Crippen molar-refractivity contribution in [2.75, 3.05) is 37.7 Å². The van der Waals surface area contributed by atoms with Gasteiger partial charge in [-0.1, -0.05) is 54.7 Å². The van der Waals surface area contributed by atoms with Gasteiger partial charge in [-0.15, -0.1) is 0 Å². The van der Waals surface area contributed by atoms with E-state index in [4.69, 9.17) is 5.73 Å². The number of aliphatic hydroxyl groups excluding tert-OH is 1. The topological polar surface area (TPSA) is 52.7 Å². The Bertz CT molecular complexity index is 1000. The molecule has 4 nitrogen and oxygen atoms in total. The molecule has 1 saturated heterocycles. The van der Waals surface area contributed by atoms with Crippen LogP contribution in [0.25, 0.3) is 5.57 Å². The van der Waals surface area contributed by atoms with Crippen molar-refractivity contribution in [2.45, 2.75) is 66.3 Å². The van der Waals surface area contributed by atoms with Gasteiger partial charge in [0, 0.05) is 50.2 Å². The van der Waals surface area contributed by atoms with Crippen LogP contribution in [0, 0.1) is 0 Å². The number of hydrogen-bond acceptors (Lipinski definition) is 4. The molecule has 3 N–H and O–H groups in total. The summed E-state index contributed by atoms with van der Waals surface area (Å²) in [5.41, 5.74) is 14.0. The Morgan fingerprint density at radius 1 is 0.973 bits per heavy atom. The molecule has 0 aromatic heterocycles. The molecule has 0 radical (unpaired) electrons. The Morgan fingerprint density at radius 2 is 1.65 bits per heavy atom. The molecule has 1 aromatic carbocycles. The van der Waals surface area contributed by atoms with Gasteiger partial charge in [-0.25, -0.2) is 0 Å². The second-order valence-electron chi connectivity index (χ2n) is 10.0. The number of rotatable bonds is 13. The van der Waals surface area contributed by atoms with Crippen molar-refractivity contribution < 1.29 is 5.11 Å². The number of anilines is 1. The second-order valence-corrected chi connectivity index (χ2v) is 10.0. The summed E-state index contributed by atoms with van der Waals surface area (Å²) >= 11 is 0. The smallest absolute Gasteiger partial charge is 0.0431 e. The molecule has 1 fully saturated rings. The zero-order valence-electron chi connectivity index (χ0n) is 23.8. The summed E-state index contributed by atoms with van der Waals surface area (Å²) in [4.78, 5) is 5.03. The molecule has 0 aliphatic carbocycles. The average Bonchev–Trinajstić information content (AvgIpc) is 2.91. The monoisotopic (exact) mass is 503 g/mol. The van der Waals surface area contributed by atoms with Crippen LogP contribution in [0.5, 0.6) is 0 Å². The van der Waals surface area contributed by atoms with Crippen molar-refractivity contribution in [3.05, 3.63) is 95.3 Å². The molecule has 0 spiro atoms. The van der Waals surface area contributed by atoms with Gasteiger partial charge in [0.05, 0.1) is 0 Å². The molecular formula is C33H49N3O. The van der Waals surface area contributed by atoms with Crippen LogP contribution < -0.4 is 10.6 Å². The molecule has 0 amide bonds. The van der Waals surface area contributed by atoms with Gasteiger partial charge < -0.3 is 15.7 Å². The van der Waals surface area contributed by atoms with E-state index < -0.39 is 0 Å². The summed E-state index contributed by atoms with van der Waals surface area (Å²) in [6.07, 6.45) is 15.8. The van der Waals surface area contributed by atoms with Gasteiger partial charge >= 0.3 is 0 Å². The molecular weight excluding hydrogens is 454 g/mol. The number of benzene rings is 1. The fraction of sp³-hybridized carbons (Fsp3) is 0.455. The van der Waals surface area contributed by atoms with Crippen LogP contribution in [0.3, 0.4) is 0 Å². The van der Waals surface area contributed by atoms with E-state index in [1.807, 2.05) is 25.2 Å². The molecule has 2 rings (SSSR count). The summed E-state index contributed by atoms with van der Waals surface area (Å²) in [6.45, 7) is 19.6. The van der Waals surface area contributed by atoms with Gasteiger partial charge in [-0.3, -0.25) is 4.90 Å². The van der Waals surface area contributed by atoms with Gasteiger partial charge in [-0.2, -0.15) is 0 Å².